The number of hydrogen-bond acceptors (Lipinski definition) is 5. The van der Waals surface area contributed by atoms with Crippen molar-refractivity contribution in [3.8, 4) is 5.75 Å². The van der Waals surface area contributed by atoms with Crippen LogP contribution in [0.2, 0.25) is 0 Å². The number of nitrogens with one attached hydrogen (secondary N) is 2. The quantitative estimate of drug-likeness (QED) is 0.661. The third-order valence-corrected chi connectivity index (χ3v) is 6.16. The number of hydrogen-bond donors (Lipinski definition) is 2. The molecule has 1 unspecified atom stereocenters. The Bertz CT molecular complexity index is 759. The van der Waals surface area contributed by atoms with Crippen molar-refractivity contribution in [3.05, 3.63) is 52.7 Å². The van der Waals surface area contributed by atoms with Crippen LogP contribution in [-0.4, -0.2) is 49.5 Å². The number of para-hydroxylation sites is 1. The molecule has 0 spiro atoms. The molecule has 2 aromatic rings. The van der Waals surface area contributed by atoms with Gasteiger partial charge in [-0.25, -0.2) is 0 Å². The molecule has 1 fully saturated rings. The number of carbonyl (C=O) groups excluding carboxylic acids is 2. The molecule has 1 atom stereocenters. The van der Waals surface area contributed by atoms with E-state index in [9.17, 15) is 9.59 Å². The zero-order chi connectivity index (χ0) is 20.5. The Morgan fingerprint density at radius 2 is 1.86 bits per heavy atom. The molecule has 156 valence electrons. The Morgan fingerprint density at radius 1 is 1.10 bits per heavy atom. The maximum atomic E-state index is 12.2. The maximum absolute atomic E-state index is 12.2. The van der Waals surface area contributed by atoms with E-state index in [0.717, 1.165) is 19.0 Å². The normalized spacial score (nSPS) is 16.2. The highest BCUT2D eigenvalue weighted by atomic mass is 32.1. The van der Waals surface area contributed by atoms with E-state index in [4.69, 9.17) is 4.74 Å². The van der Waals surface area contributed by atoms with Gasteiger partial charge in [0.25, 0.3) is 5.91 Å². The first kappa shape index (κ1) is 21.3. The van der Waals surface area contributed by atoms with E-state index in [1.807, 2.05) is 24.3 Å². The second kappa shape index (κ2) is 11.0. The fraction of sp³-hybridized carbons (Fsp3) is 0.455. The van der Waals surface area contributed by atoms with E-state index < -0.39 is 0 Å². The third kappa shape index (κ3) is 6.87. The van der Waals surface area contributed by atoms with E-state index in [1.165, 1.54) is 17.7 Å². The van der Waals surface area contributed by atoms with Gasteiger partial charge in [0.05, 0.1) is 12.6 Å². The van der Waals surface area contributed by atoms with E-state index in [2.05, 4.69) is 33.9 Å². The lowest BCUT2D eigenvalue weighted by Gasteiger charge is -2.36. The van der Waals surface area contributed by atoms with E-state index >= 15 is 0 Å². The van der Waals surface area contributed by atoms with Gasteiger partial charge in [0, 0.05) is 11.4 Å². The van der Waals surface area contributed by atoms with Gasteiger partial charge in [-0.15, -0.1) is 11.3 Å². The molecule has 1 aromatic carbocycles. The third-order valence-electron chi connectivity index (χ3n) is 5.18. The summed E-state index contributed by atoms with van der Waals surface area (Å²) >= 11 is 1.72. The number of carbonyl (C=O) groups is 2. The average Bonchev–Trinajstić information content (AvgIpc) is 3.27. The van der Waals surface area contributed by atoms with Crippen molar-refractivity contribution in [1.82, 2.24) is 15.5 Å². The van der Waals surface area contributed by atoms with Crippen LogP contribution in [0.5, 0.6) is 5.75 Å². The lowest BCUT2D eigenvalue weighted by atomic mass is 9.97. The van der Waals surface area contributed by atoms with Crippen LogP contribution in [-0.2, 0) is 9.59 Å². The van der Waals surface area contributed by atoms with Crippen molar-refractivity contribution >= 4 is 23.2 Å². The monoisotopic (exact) mass is 415 g/mol. The first-order valence-electron chi connectivity index (χ1n) is 10.1. The van der Waals surface area contributed by atoms with E-state index in [0.29, 0.717) is 12.3 Å². The Balaban J connectivity index is 1.42. The molecule has 6 nitrogen and oxygen atoms in total. The smallest absolute Gasteiger partial charge is 0.258 e. The Morgan fingerprint density at radius 3 is 2.55 bits per heavy atom. The predicted octanol–water partition coefficient (Wildman–Crippen LogP) is 2.83. The largest absolute Gasteiger partial charge is 0.484 e. The Hall–Kier alpha value is -2.38. The number of thiophene rings is 1. The molecule has 1 aliphatic heterocycles. The number of amides is 2. The first-order chi connectivity index (χ1) is 14.1. The summed E-state index contributed by atoms with van der Waals surface area (Å²) in [5, 5.41) is 7.66. The van der Waals surface area contributed by atoms with Crippen LogP contribution < -0.4 is 15.4 Å². The van der Waals surface area contributed by atoms with Gasteiger partial charge < -0.3 is 15.4 Å². The van der Waals surface area contributed by atoms with Crippen molar-refractivity contribution in [2.24, 2.45) is 5.92 Å². The van der Waals surface area contributed by atoms with Crippen LogP contribution in [0.3, 0.4) is 0 Å². The predicted molar refractivity (Wildman–Crippen MR) is 115 cm³/mol. The van der Waals surface area contributed by atoms with Gasteiger partial charge >= 0.3 is 0 Å². The minimum Gasteiger partial charge on any atom is -0.484 e. The number of piperidine rings is 1. The summed E-state index contributed by atoms with van der Waals surface area (Å²) in [6, 6.07) is 13.5. The van der Waals surface area contributed by atoms with Crippen LogP contribution in [0.4, 0.5) is 0 Å². The minimum atomic E-state index is -0.316. The fourth-order valence-electron chi connectivity index (χ4n) is 3.40. The van der Waals surface area contributed by atoms with Gasteiger partial charge in [-0.2, -0.15) is 0 Å². The fourth-order valence-corrected chi connectivity index (χ4v) is 4.26. The van der Waals surface area contributed by atoms with Crippen molar-refractivity contribution in [3.63, 3.8) is 0 Å². The molecule has 1 aromatic heterocycles. The average molecular weight is 416 g/mol. The molecule has 0 bridgehead atoms. The minimum absolute atomic E-state index is 0.0504. The molecule has 1 saturated heterocycles. The van der Waals surface area contributed by atoms with Gasteiger partial charge in [0.2, 0.25) is 5.91 Å². The van der Waals surface area contributed by atoms with E-state index in [-0.39, 0.29) is 31.0 Å². The molecular formula is C22H29N3O3S. The summed E-state index contributed by atoms with van der Waals surface area (Å²) in [4.78, 5) is 27.9. The van der Waals surface area contributed by atoms with Gasteiger partial charge in [-0.05, 0) is 55.4 Å². The van der Waals surface area contributed by atoms with Crippen molar-refractivity contribution < 1.29 is 14.3 Å². The van der Waals surface area contributed by atoms with Gasteiger partial charge in [-0.1, -0.05) is 31.2 Å². The molecule has 2 heterocycles. The second-order valence-electron chi connectivity index (χ2n) is 7.43. The number of benzene rings is 1. The highest BCUT2D eigenvalue weighted by Crippen LogP contribution is 2.29. The Kier molecular flexibility index (Phi) is 8.07. The molecule has 0 aliphatic carbocycles. The summed E-state index contributed by atoms with van der Waals surface area (Å²) in [6.07, 6.45) is 2.38. The molecule has 29 heavy (non-hydrogen) atoms. The zero-order valence-corrected chi connectivity index (χ0v) is 17.6. The van der Waals surface area contributed by atoms with Crippen molar-refractivity contribution in [1.29, 1.82) is 0 Å². The number of ether oxygens (including phenoxy) is 1. The summed E-state index contributed by atoms with van der Waals surface area (Å²) in [5.74, 6) is 0.883. The van der Waals surface area contributed by atoms with Gasteiger partial charge in [0.15, 0.2) is 6.61 Å². The van der Waals surface area contributed by atoms with E-state index in [1.54, 1.807) is 23.5 Å². The van der Waals surface area contributed by atoms with Crippen LogP contribution in [0, 0.1) is 5.92 Å². The molecule has 2 N–H and O–H groups in total. The summed E-state index contributed by atoms with van der Waals surface area (Å²) < 4.78 is 5.39. The molecular weight excluding hydrogens is 386 g/mol. The zero-order valence-electron chi connectivity index (χ0n) is 16.8. The molecule has 0 saturated carbocycles. The number of likely N-dealkylation sites (tertiary alicyclic amines) is 1. The van der Waals surface area contributed by atoms with Crippen LogP contribution in [0.25, 0.3) is 0 Å². The molecule has 2 amide bonds. The first-order valence-corrected chi connectivity index (χ1v) is 11.0. The maximum Gasteiger partial charge on any atom is 0.258 e. The SMILES string of the molecule is CC1CCN(C(CNC(=O)CNC(=O)COc2ccccc2)c2cccs2)CC1. The summed E-state index contributed by atoms with van der Waals surface area (Å²) in [6.45, 7) is 4.78. The van der Waals surface area contributed by atoms with Gasteiger partial charge in [-0.3, -0.25) is 14.5 Å². The topological polar surface area (TPSA) is 70.7 Å². The van der Waals surface area contributed by atoms with Crippen molar-refractivity contribution in [2.75, 3.05) is 32.8 Å². The highest BCUT2D eigenvalue weighted by Gasteiger charge is 2.25. The summed E-state index contributed by atoms with van der Waals surface area (Å²) in [7, 11) is 0. The number of nitrogens with zero attached hydrogens (tertiary/aromatic N) is 1. The highest BCUT2D eigenvalue weighted by molar-refractivity contribution is 7.10. The van der Waals surface area contributed by atoms with Crippen LogP contribution in [0.1, 0.15) is 30.7 Å². The van der Waals surface area contributed by atoms with Crippen LogP contribution in [0.15, 0.2) is 47.8 Å². The van der Waals surface area contributed by atoms with Gasteiger partial charge in [0.1, 0.15) is 5.75 Å². The standard InChI is InChI=1S/C22H29N3O3S/c1-17-9-11-25(12-10-17)19(20-8-5-13-29-20)14-23-21(26)15-24-22(27)16-28-18-6-3-2-4-7-18/h2-8,13,17,19H,9-12,14-16H2,1H3,(H,23,26)(H,24,27). The molecule has 3 rings (SSSR count). The van der Waals surface area contributed by atoms with Crippen LogP contribution >= 0.6 is 11.3 Å². The Labute approximate surface area is 176 Å². The molecule has 1 aliphatic rings. The number of rotatable bonds is 9. The molecule has 0 radical (unpaired) electrons. The van der Waals surface area contributed by atoms with Crippen molar-refractivity contribution in [2.45, 2.75) is 25.8 Å². The second-order valence-corrected chi connectivity index (χ2v) is 8.41. The molecule has 7 heteroatoms. The summed E-state index contributed by atoms with van der Waals surface area (Å²) in [5.41, 5.74) is 0. The lowest BCUT2D eigenvalue weighted by molar-refractivity contribution is -0.127. The lowest BCUT2D eigenvalue weighted by Crippen LogP contribution is -2.44.